The van der Waals surface area contributed by atoms with Crippen molar-refractivity contribution in [3.8, 4) is 0 Å². The summed E-state index contributed by atoms with van der Waals surface area (Å²) >= 11 is 0. The smallest absolute Gasteiger partial charge is 0.330 e. The van der Waals surface area contributed by atoms with Crippen LogP contribution in [0.5, 0.6) is 0 Å². The Morgan fingerprint density at radius 2 is 2.17 bits per heavy atom. The van der Waals surface area contributed by atoms with Crippen LogP contribution < -0.4 is 0 Å². The topological polar surface area (TPSA) is 63.6 Å². The van der Waals surface area contributed by atoms with Gasteiger partial charge in [0.2, 0.25) is 0 Å². The number of esters is 1. The van der Waals surface area contributed by atoms with Crippen LogP contribution in [0.2, 0.25) is 0 Å². The molecule has 0 fully saturated rings. The van der Waals surface area contributed by atoms with Gasteiger partial charge >= 0.3 is 11.9 Å². The van der Waals surface area contributed by atoms with Gasteiger partial charge in [0, 0.05) is 11.6 Å². The molecule has 0 heterocycles. The van der Waals surface area contributed by atoms with E-state index in [-0.39, 0.29) is 17.7 Å². The summed E-state index contributed by atoms with van der Waals surface area (Å²) in [5.74, 6) is -2.32. The maximum absolute atomic E-state index is 13.8. The fourth-order valence-electron chi connectivity index (χ4n) is 1.38. The average Bonchev–Trinajstić information content (AvgIpc) is 2.30. The lowest BCUT2D eigenvalue weighted by Gasteiger charge is -2.03. The molecule has 1 aromatic carbocycles. The van der Waals surface area contributed by atoms with E-state index in [1.165, 1.54) is 24.3 Å². The SMILES string of the molecule is CCOC(=O)C=Cc1cccc(CC(=O)O)c1F. The van der Waals surface area contributed by atoms with Gasteiger partial charge in [-0.1, -0.05) is 18.2 Å². The molecular weight excluding hydrogens is 239 g/mol. The average molecular weight is 252 g/mol. The number of carboxylic acid groups (broad SMARTS) is 1. The minimum atomic E-state index is -1.11. The second-order valence-electron chi connectivity index (χ2n) is 3.48. The standard InChI is InChI=1S/C13H13FO4/c1-2-18-12(17)7-6-9-4-3-5-10(13(9)14)8-11(15)16/h3-7H,2,8H2,1H3,(H,15,16). The van der Waals surface area contributed by atoms with E-state index in [1.807, 2.05) is 0 Å². The number of carboxylic acids is 1. The summed E-state index contributed by atoms with van der Waals surface area (Å²) in [7, 11) is 0. The summed E-state index contributed by atoms with van der Waals surface area (Å²) in [6, 6.07) is 4.38. The van der Waals surface area contributed by atoms with Crippen molar-refractivity contribution in [1.82, 2.24) is 0 Å². The molecule has 4 nitrogen and oxygen atoms in total. The Morgan fingerprint density at radius 3 is 2.78 bits per heavy atom. The highest BCUT2D eigenvalue weighted by Gasteiger charge is 2.09. The molecule has 0 amide bonds. The van der Waals surface area contributed by atoms with Gasteiger partial charge in [0.1, 0.15) is 5.82 Å². The molecule has 0 bridgehead atoms. The molecule has 0 unspecified atom stereocenters. The first kappa shape index (κ1) is 13.9. The molecule has 0 saturated carbocycles. The van der Waals surface area contributed by atoms with Crippen molar-refractivity contribution in [2.24, 2.45) is 0 Å². The van der Waals surface area contributed by atoms with E-state index in [0.717, 1.165) is 6.08 Å². The van der Waals surface area contributed by atoms with Crippen molar-refractivity contribution in [1.29, 1.82) is 0 Å². The lowest BCUT2D eigenvalue weighted by atomic mass is 10.1. The molecule has 1 aromatic rings. The molecule has 0 aliphatic heterocycles. The highest BCUT2D eigenvalue weighted by molar-refractivity contribution is 5.87. The number of halogens is 1. The van der Waals surface area contributed by atoms with Gasteiger partial charge in [-0.3, -0.25) is 4.79 Å². The number of hydrogen-bond acceptors (Lipinski definition) is 3. The van der Waals surface area contributed by atoms with Gasteiger partial charge in [0.25, 0.3) is 0 Å². The lowest BCUT2D eigenvalue weighted by molar-refractivity contribution is -0.137. The van der Waals surface area contributed by atoms with Crippen LogP contribution in [0, 0.1) is 5.82 Å². The Morgan fingerprint density at radius 1 is 1.44 bits per heavy atom. The number of carbonyl (C=O) groups is 2. The van der Waals surface area contributed by atoms with Crippen molar-refractivity contribution in [2.75, 3.05) is 6.61 Å². The van der Waals surface area contributed by atoms with Crippen molar-refractivity contribution >= 4 is 18.0 Å². The molecule has 0 atom stereocenters. The molecule has 18 heavy (non-hydrogen) atoms. The molecule has 0 aliphatic carbocycles. The van der Waals surface area contributed by atoms with Crippen molar-refractivity contribution < 1.29 is 23.8 Å². The Labute approximate surface area is 104 Å². The molecule has 5 heteroatoms. The quantitative estimate of drug-likeness (QED) is 0.643. The molecule has 96 valence electrons. The zero-order valence-electron chi connectivity index (χ0n) is 9.85. The fraction of sp³-hybridized carbons (Fsp3) is 0.231. The largest absolute Gasteiger partial charge is 0.481 e. The number of ether oxygens (including phenoxy) is 1. The fourth-order valence-corrected chi connectivity index (χ4v) is 1.38. The number of carbonyl (C=O) groups excluding carboxylic acids is 1. The summed E-state index contributed by atoms with van der Waals surface area (Å²) in [6.45, 7) is 1.91. The van der Waals surface area contributed by atoms with Crippen LogP contribution in [0.1, 0.15) is 18.1 Å². The monoisotopic (exact) mass is 252 g/mol. The summed E-state index contributed by atoms with van der Waals surface area (Å²) in [6.07, 6.45) is 1.97. The van der Waals surface area contributed by atoms with E-state index in [2.05, 4.69) is 4.74 Å². The molecule has 1 N–H and O–H groups in total. The first-order chi connectivity index (χ1) is 8.54. The van der Waals surface area contributed by atoms with Gasteiger partial charge in [-0.05, 0) is 18.6 Å². The van der Waals surface area contributed by atoms with Crippen molar-refractivity contribution in [2.45, 2.75) is 13.3 Å². The molecule has 0 saturated heterocycles. The van der Waals surface area contributed by atoms with Crippen LogP contribution >= 0.6 is 0 Å². The van der Waals surface area contributed by atoms with Gasteiger partial charge in [-0.15, -0.1) is 0 Å². The van der Waals surface area contributed by atoms with Gasteiger partial charge in [-0.2, -0.15) is 0 Å². The molecule has 0 aromatic heterocycles. The summed E-state index contributed by atoms with van der Waals surface area (Å²) in [5, 5.41) is 8.61. The van der Waals surface area contributed by atoms with E-state index in [0.29, 0.717) is 0 Å². The Hall–Kier alpha value is -2.17. The number of aliphatic carboxylic acids is 1. The van der Waals surface area contributed by atoms with E-state index in [1.54, 1.807) is 6.92 Å². The number of hydrogen-bond donors (Lipinski definition) is 1. The van der Waals surface area contributed by atoms with Crippen LogP contribution in [-0.4, -0.2) is 23.7 Å². The predicted octanol–water partition coefficient (Wildman–Crippen LogP) is 2.03. The molecule has 0 aliphatic rings. The summed E-state index contributed by atoms with van der Waals surface area (Å²) < 4.78 is 18.5. The first-order valence-electron chi connectivity index (χ1n) is 5.38. The second-order valence-corrected chi connectivity index (χ2v) is 3.48. The van der Waals surface area contributed by atoms with E-state index in [4.69, 9.17) is 5.11 Å². The second kappa shape index (κ2) is 6.54. The maximum Gasteiger partial charge on any atom is 0.330 e. The Bertz CT molecular complexity index is 480. The third kappa shape index (κ3) is 4.01. The van der Waals surface area contributed by atoms with Gasteiger partial charge < -0.3 is 9.84 Å². The molecule has 1 rings (SSSR count). The first-order valence-corrected chi connectivity index (χ1v) is 5.38. The highest BCUT2D eigenvalue weighted by atomic mass is 19.1. The maximum atomic E-state index is 13.8. The lowest BCUT2D eigenvalue weighted by Crippen LogP contribution is -2.03. The number of rotatable bonds is 5. The van der Waals surface area contributed by atoms with E-state index >= 15 is 0 Å². The predicted molar refractivity (Wildman–Crippen MR) is 63.4 cm³/mol. The third-order valence-electron chi connectivity index (χ3n) is 2.14. The van der Waals surface area contributed by atoms with Crippen molar-refractivity contribution in [3.63, 3.8) is 0 Å². The molecule has 0 spiro atoms. The number of benzene rings is 1. The van der Waals surface area contributed by atoms with E-state index in [9.17, 15) is 14.0 Å². The molecule has 0 radical (unpaired) electrons. The minimum absolute atomic E-state index is 0.0773. The third-order valence-corrected chi connectivity index (χ3v) is 2.14. The van der Waals surface area contributed by atoms with Crippen LogP contribution in [0.3, 0.4) is 0 Å². The summed E-state index contributed by atoms with van der Waals surface area (Å²) in [4.78, 5) is 21.6. The van der Waals surface area contributed by atoms with Crippen molar-refractivity contribution in [3.05, 3.63) is 41.2 Å². The normalized spacial score (nSPS) is 10.6. The zero-order chi connectivity index (χ0) is 13.5. The van der Waals surface area contributed by atoms with Crippen LogP contribution in [-0.2, 0) is 20.7 Å². The van der Waals surface area contributed by atoms with Gasteiger partial charge in [0.15, 0.2) is 0 Å². The summed E-state index contributed by atoms with van der Waals surface area (Å²) in [5.41, 5.74) is 0.232. The minimum Gasteiger partial charge on any atom is -0.481 e. The van der Waals surface area contributed by atoms with Gasteiger partial charge in [-0.25, -0.2) is 9.18 Å². The Kier molecular flexibility index (Phi) is 5.05. The molecular formula is C13H13FO4. The zero-order valence-corrected chi connectivity index (χ0v) is 9.85. The van der Waals surface area contributed by atoms with Gasteiger partial charge in [0.05, 0.1) is 13.0 Å². The van der Waals surface area contributed by atoms with Crippen LogP contribution in [0.4, 0.5) is 4.39 Å². The Balaban J connectivity index is 2.90. The van der Waals surface area contributed by atoms with Crippen LogP contribution in [0.25, 0.3) is 6.08 Å². The highest BCUT2D eigenvalue weighted by Crippen LogP contribution is 2.15. The van der Waals surface area contributed by atoms with E-state index < -0.39 is 24.2 Å². The van der Waals surface area contributed by atoms with Crippen LogP contribution in [0.15, 0.2) is 24.3 Å².